The largest absolute Gasteiger partial charge is 0.480 e. The van der Waals surface area contributed by atoms with Crippen molar-refractivity contribution in [2.45, 2.75) is 45.2 Å². The fraction of sp³-hybridized carbons (Fsp3) is 0.857. The van der Waals surface area contributed by atoms with E-state index in [1.54, 1.807) is 32.8 Å². The molecule has 0 aliphatic carbocycles. The molecule has 0 spiro atoms. The van der Waals surface area contributed by atoms with Gasteiger partial charge in [0.1, 0.15) is 5.54 Å². The summed E-state index contributed by atoms with van der Waals surface area (Å²) in [7, 11) is 3.32. The second-order valence-corrected chi connectivity index (χ2v) is 5.98. The van der Waals surface area contributed by atoms with E-state index >= 15 is 0 Å². The summed E-state index contributed by atoms with van der Waals surface area (Å²) in [5.41, 5.74) is -1.20. The third kappa shape index (κ3) is 3.42. The molecule has 0 aromatic rings. The van der Waals surface area contributed by atoms with Gasteiger partial charge in [0.2, 0.25) is 0 Å². The summed E-state index contributed by atoms with van der Waals surface area (Å²) in [5.74, 6) is -0.998. The molecular weight excluding hydrogens is 258 g/mol. The van der Waals surface area contributed by atoms with Gasteiger partial charge >= 0.3 is 12.0 Å². The van der Waals surface area contributed by atoms with Crippen molar-refractivity contribution >= 4 is 12.0 Å². The lowest BCUT2D eigenvalue weighted by Gasteiger charge is -2.40. The zero-order valence-electron chi connectivity index (χ0n) is 13.2. The molecule has 1 saturated heterocycles. The molecule has 0 aromatic carbocycles. The Kier molecular flexibility index (Phi) is 5.39. The summed E-state index contributed by atoms with van der Waals surface area (Å²) in [5, 5.41) is 9.20. The number of carbonyl (C=O) groups excluding carboxylic acids is 1. The quantitative estimate of drug-likeness (QED) is 0.846. The predicted octanol–water partition coefficient (Wildman–Crippen LogP) is 1.32. The molecule has 0 saturated carbocycles. The van der Waals surface area contributed by atoms with Gasteiger partial charge in [0.25, 0.3) is 0 Å². The van der Waals surface area contributed by atoms with Crippen LogP contribution in [-0.2, 0) is 4.79 Å². The molecule has 1 N–H and O–H groups in total. The Bertz CT molecular complexity index is 363. The average molecular weight is 285 g/mol. The van der Waals surface area contributed by atoms with Gasteiger partial charge in [-0.2, -0.15) is 0 Å². The van der Waals surface area contributed by atoms with Crippen LogP contribution < -0.4 is 0 Å². The Hall–Kier alpha value is -1.30. The summed E-state index contributed by atoms with van der Waals surface area (Å²) in [6, 6.07) is -0.0373. The summed E-state index contributed by atoms with van der Waals surface area (Å²) in [4.78, 5) is 29.0. The molecule has 116 valence electrons. The highest BCUT2D eigenvalue weighted by Crippen LogP contribution is 2.20. The third-order valence-corrected chi connectivity index (χ3v) is 4.50. The normalized spacial score (nSPS) is 17.9. The predicted molar refractivity (Wildman–Crippen MR) is 77.8 cm³/mol. The highest BCUT2D eigenvalue weighted by molar-refractivity contribution is 5.85. The zero-order chi connectivity index (χ0) is 15.5. The number of carboxylic acid groups (broad SMARTS) is 1. The first-order valence-corrected chi connectivity index (χ1v) is 7.18. The molecule has 0 aromatic heterocycles. The smallest absolute Gasteiger partial charge is 0.329 e. The second-order valence-electron chi connectivity index (χ2n) is 5.98. The first-order valence-electron chi connectivity index (χ1n) is 7.18. The van der Waals surface area contributed by atoms with Crippen LogP contribution in [0.1, 0.15) is 33.6 Å². The third-order valence-electron chi connectivity index (χ3n) is 4.50. The first-order chi connectivity index (χ1) is 9.21. The molecule has 6 nitrogen and oxygen atoms in total. The lowest BCUT2D eigenvalue weighted by Crippen LogP contribution is -2.57. The zero-order valence-corrected chi connectivity index (χ0v) is 13.2. The molecule has 1 fully saturated rings. The number of urea groups is 1. The minimum Gasteiger partial charge on any atom is -0.480 e. The van der Waals surface area contributed by atoms with Gasteiger partial charge in [0.15, 0.2) is 0 Å². The van der Waals surface area contributed by atoms with Crippen molar-refractivity contribution in [3.8, 4) is 0 Å². The van der Waals surface area contributed by atoms with Crippen molar-refractivity contribution < 1.29 is 14.7 Å². The van der Waals surface area contributed by atoms with Crippen molar-refractivity contribution in [3.05, 3.63) is 0 Å². The highest BCUT2D eigenvalue weighted by atomic mass is 16.4. The van der Waals surface area contributed by atoms with Crippen molar-refractivity contribution in [1.82, 2.24) is 14.7 Å². The Morgan fingerprint density at radius 1 is 1.25 bits per heavy atom. The van der Waals surface area contributed by atoms with Crippen LogP contribution in [0.2, 0.25) is 0 Å². The van der Waals surface area contributed by atoms with E-state index in [0.29, 0.717) is 0 Å². The Balaban J connectivity index is 2.66. The van der Waals surface area contributed by atoms with E-state index in [1.165, 1.54) is 4.90 Å². The van der Waals surface area contributed by atoms with Gasteiger partial charge in [0, 0.05) is 33.2 Å². The molecule has 1 rings (SSSR count). The number of likely N-dealkylation sites (tertiary alicyclic amines) is 1. The van der Waals surface area contributed by atoms with E-state index in [0.717, 1.165) is 32.5 Å². The van der Waals surface area contributed by atoms with Crippen molar-refractivity contribution in [2.75, 3.05) is 33.7 Å². The molecule has 0 atom stereocenters. The van der Waals surface area contributed by atoms with Crippen LogP contribution in [0.5, 0.6) is 0 Å². The van der Waals surface area contributed by atoms with E-state index in [1.807, 2.05) is 0 Å². The maximum absolute atomic E-state index is 12.4. The number of nitrogens with zero attached hydrogens (tertiary/aromatic N) is 3. The van der Waals surface area contributed by atoms with Gasteiger partial charge in [-0.3, -0.25) is 0 Å². The van der Waals surface area contributed by atoms with Crippen LogP contribution in [-0.4, -0.2) is 77.1 Å². The summed E-state index contributed by atoms with van der Waals surface area (Å²) in [6.07, 6.45) is 1.88. The number of likely N-dealkylation sites (N-methyl/N-ethyl adjacent to an activating group) is 1. The van der Waals surface area contributed by atoms with E-state index in [-0.39, 0.29) is 12.1 Å². The van der Waals surface area contributed by atoms with E-state index in [9.17, 15) is 14.7 Å². The molecular formula is C14H27N3O3. The Morgan fingerprint density at radius 3 is 2.15 bits per heavy atom. The fourth-order valence-corrected chi connectivity index (χ4v) is 2.40. The molecule has 1 heterocycles. The van der Waals surface area contributed by atoms with Gasteiger partial charge < -0.3 is 19.8 Å². The Morgan fingerprint density at radius 2 is 1.75 bits per heavy atom. The van der Waals surface area contributed by atoms with Gasteiger partial charge in [-0.05, 0) is 33.2 Å². The monoisotopic (exact) mass is 285 g/mol. The molecule has 0 unspecified atom stereocenters. The van der Waals surface area contributed by atoms with Crippen molar-refractivity contribution in [3.63, 3.8) is 0 Å². The maximum atomic E-state index is 12.4. The standard InChI is InChI=1S/C14H27N3O3/c1-6-17-9-7-11(8-10-17)15(4)13(20)16(5)14(2,3)12(18)19/h11H,6-10H2,1-5H3,(H,18,19). The van der Waals surface area contributed by atoms with Crippen LogP contribution in [0.25, 0.3) is 0 Å². The molecule has 2 amide bonds. The SMILES string of the molecule is CCN1CCC(N(C)C(=O)N(C)C(C)(C)C(=O)O)CC1. The number of piperidine rings is 1. The van der Waals surface area contributed by atoms with E-state index < -0.39 is 11.5 Å². The van der Waals surface area contributed by atoms with E-state index in [4.69, 9.17) is 0 Å². The lowest BCUT2D eigenvalue weighted by molar-refractivity contribution is -0.147. The van der Waals surface area contributed by atoms with E-state index in [2.05, 4.69) is 11.8 Å². The van der Waals surface area contributed by atoms with Crippen molar-refractivity contribution in [2.24, 2.45) is 0 Å². The molecule has 1 aliphatic rings. The van der Waals surface area contributed by atoms with Gasteiger partial charge in [-0.25, -0.2) is 9.59 Å². The minimum absolute atomic E-state index is 0.192. The number of carbonyl (C=O) groups is 2. The minimum atomic E-state index is -1.20. The second kappa shape index (κ2) is 6.43. The van der Waals surface area contributed by atoms with Crippen LogP contribution >= 0.6 is 0 Å². The molecule has 0 bridgehead atoms. The molecule has 6 heteroatoms. The van der Waals surface area contributed by atoms with Crippen LogP contribution in [0.15, 0.2) is 0 Å². The van der Waals surface area contributed by atoms with Crippen LogP contribution in [0.4, 0.5) is 4.79 Å². The van der Waals surface area contributed by atoms with Gasteiger partial charge in [0.05, 0.1) is 0 Å². The number of rotatable bonds is 4. The van der Waals surface area contributed by atoms with Gasteiger partial charge in [-0.1, -0.05) is 6.92 Å². The van der Waals surface area contributed by atoms with Crippen molar-refractivity contribution in [1.29, 1.82) is 0 Å². The number of hydrogen-bond acceptors (Lipinski definition) is 3. The number of amides is 2. The number of aliphatic carboxylic acids is 1. The summed E-state index contributed by atoms with van der Waals surface area (Å²) < 4.78 is 0. The topological polar surface area (TPSA) is 64.1 Å². The van der Waals surface area contributed by atoms with Gasteiger partial charge in [-0.15, -0.1) is 0 Å². The number of hydrogen-bond donors (Lipinski definition) is 1. The van der Waals surface area contributed by atoms with Crippen LogP contribution in [0.3, 0.4) is 0 Å². The molecule has 20 heavy (non-hydrogen) atoms. The average Bonchev–Trinajstić information content (AvgIpc) is 2.44. The number of carboxylic acids is 1. The maximum Gasteiger partial charge on any atom is 0.329 e. The lowest BCUT2D eigenvalue weighted by atomic mass is 10.0. The summed E-state index contributed by atoms with van der Waals surface area (Å²) >= 11 is 0. The highest BCUT2D eigenvalue weighted by Gasteiger charge is 2.38. The Labute approximate surface area is 121 Å². The summed E-state index contributed by atoms with van der Waals surface area (Å²) in [6.45, 7) is 8.24. The van der Waals surface area contributed by atoms with Crippen LogP contribution in [0, 0.1) is 0 Å². The fourth-order valence-electron chi connectivity index (χ4n) is 2.40. The molecule has 1 aliphatic heterocycles. The first kappa shape index (κ1) is 16.8. The molecule has 0 radical (unpaired) electrons.